The normalized spacial score (nSPS) is 10.6. The number of halogens is 1. The molecule has 4 nitrogen and oxygen atoms in total. The number of allylic oxidation sites excluding steroid dienone is 1. The van der Waals surface area contributed by atoms with Gasteiger partial charge in [0.25, 0.3) is 5.56 Å². The van der Waals surface area contributed by atoms with Crippen molar-refractivity contribution in [3.63, 3.8) is 0 Å². The molecule has 0 aliphatic carbocycles. The number of carboxylic acid groups (broad SMARTS) is 1. The standard InChI is InChI=1S/C14H12FNO3/c1-8(2)7-16-12(17)4-3-9-5-10(14(18)19)6-11(15)13(9)16/h3-6H,1,7H2,2H3,(H,18,19). The summed E-state index contributed by atoms with van der Waals surface area (Å²) < 4.78 is 15.3. The molecule has 0 unspecified atom stereocenters. The highest BCUT2D eigenvalue weighted by atomic mass is 19.1. The highest BCUT2D eigenvalue weighted by Crippen LogP contribution is 2.19. The highest BCUT2D eigenvalue weighted by molar-refractivity contribution is 5.93. The average Bonchev–Trinajstić information content (AvgIpc) is 2.31. The fraction of sp³-hybridized carbons (Fsp3) is 0.143. The Morgan fingerprint density at radius 3 is 2.68 bits per heavy atom. The first kappa shape index (κ1) is 13.0. The number of rotatable bonds is 3. The average molecular weight is 261 g/mol. The molecule has 0 bridgehead atoms. The quantitative estimate of drug-likeness (QED) is 0.863. The number of aromatic nitrogens is 1. The lowest BCUT2D eigenvalue weighted by atomic mass is 10.1. The van der Waals surface area contributed by atoms with Crippen LogP contribution >= 0.6 is 0 Å². The molecule has 0 fully saturated rings. The van der Waals surface area contributed by atoms with E-state index in [0.717, 1.165) is 6.07 Å². The largest absolute Gasteiger partial charge is 0.478 e. The number of carbonyl (C=O) groups is 1. The molecule has 2 aromatic rings. The molecule has 0 radical (unpaired) electrons. The first-order valence-electron chi connectivity index (χ1n) is 5.61. The Morgan fingerprint density at radius 2 is 2.11 bits per heavy atom. The third-order valence-electron chi connectivity index (χ3n) is 2.71. The zero-order valence-corrected chi connectivity index (χ0v) is 10.3. The van der Waals surface area contributed by atoms with Crippen molar-refractivity contribution < 1.29 is 14.3 Å². The van der Waals surface area contributed by atoms with Gasteiger partial charge in [-0.05, 0) is 25.1 Å². The summed E-state index contributed by atoms with van der Waals surface area (Å²) in [5.41, 5.74) is 0.305. The minimum Gasteiger partial charge on any atom is -0.478 e. The van der Waals surface area contributed by atoms with Crippen LogP contribution in [0.25, 0.3) is 10.9 Å². The van der Waals surface area contributed by atoms with Gasteiger partial charge in [0.1, 0.15) is 5.82 Å². The summed E-state index contributed by atoms with van der Waals surface area (Å²) in [5.74, 6) is -1.94. The zero-order valence-electron chi connectivity index (χ0n) is 10.3. The van der Waals surface area contributed by atoms with Crippen LogP contribution in [0.5, 0.6) is 0 Å². The Hall–Kier alpha value is -2.43. The first-order chi connectivity index (χ1) is 8.90. The van der Waals surface area contributed by atoms with Crippen LogP contribution < -0.4 is 5.56 Å². The predicted octanol–water partition coefficient (Wildman–Crippen LogP) is 2.41. The molecule has 0 amide bonds. The molecule has 5 heteroatoms. The van der Waals surface area contributed by atoms with Crippen LogP contribution in [-0.2, 0) is 6.54 Å². The number of fused-ring (bicyclic) bond motifs is 1. The number of hydrogen-bond donors (Lipinski definition) is 1. The number of pyridine rings is 1. The second kappa shape index (κ2) is 4.68. The van der Waals surface area contributed by atoms with E-state index in [1.165, 1.54) is 22.8 Å². The maximum atomic E-state index is 14.0. The fourth-order valence-electron chi connectivity index (χ4n) is 1.94. The van der Waals surface area contributed by atoms with Gasteiger partial charge >= 0.3 is 5.97 Å². The first-order valence-corrected chi connectivity index (χ1v) is 5.61. The summed E-state index contributed by atoms with van der Waals surface area (Å²) in [5, 5.41) is 9.26. The predicted molar refractivity (Wildman–Crippen MR) is 69.9 cm³/mol. The van der Waals surface area contributed by atoms with E-state index in [4.69, 9.17) is 5.11 Å². The minimum atomic E-state index is -1.21. The Bertz CT molecular complexity index is 746. The van der Waals surface area contributed by atoms with Gasteiger partial charge in [0, 0.05) is 18.0 Å². The molecule has 0 spiro atoms. The molecule has 0 aliphatic rings. The van der Waals surface area contributed by atoms with Crippen LogP contribution in [0.2, 0.25) is 0 Å². The Kier molecular flexibility index (Phi) is 3.21. The molecule has 2 rings (SSSR count). The van der Waals surface area contributed by atoms with Crippen molar-refractivity contribution in [2.45, 2.75) is 13.5 Å². The van der Waals surface area contributed by atoms with Crippen LogP contribution in [0, 0.1) is 5.82 Å². The van der Waals surface area contributed by atoms with Gasteiger partial charge in [0.15, 0.2) is 0 Å². The van der Waals surface area contributed by atoms with Crippen molar-refractivity contribution in [2.75, 3.05) is 0 Å². The lowest BCUT2D eigenvalue weighted by Gasteiger charge is -2.11. The van der Waals surface area contributed by atoms with Crippen molar-refractivity contribution in [3.8, 4) is 0 Å². The summed E-state index contributed by atoms with van der Waals surface area (Å²) in [7, 11) is 0. The van der Waals surface area contributed by atoms with Crippen molar-refractivity contribution in [1.29, 1.82) is 0 Å². The lowest BCUT2D eigenvalue weighted by molar-refractivity contribution is 0.0696. The summed E-state index contributed by atoms with van der Waals surface area (Å²) in [6, 6.07) is 4.96. The Morgan fingerprint density at radius 1 is 1.42 bits per heavy atom. The summed E-state index contributed by atoms with van der Waals surface area (Å²) in [6.45, 7) is 5.62. The van der Waals surface area contributed by atoms with E-state index in [1.807, 2.05) is 0 Å². The molecule has 1 N–H and O–H groups in total. The second-order valence-corrected chi connectivity index (χ2v) is 4.42. The molecular weight excluding hydrogens is 249 g/mol. The van der Waals surface area contributed by atoms with Crippen molar-refractivity contribution in [1.82, 2.24) is 4.57 Å². The van der Waals surface area contributed by atoms with Gasteiger partial charge in [0.05, 0.1) is 11.1 Å². The molecule has 98 valence electrons. The third kappa shape index (κ3) is 2.40. The van der Waals surface area contributed by atoms with Crippen LogP contribution in [-0.4, -0.2) is 15.6 Å². The van der Waals surface area contributed by atoms with E-state index >= 15 is 0 Å². The molecule has 0 atom stereocenters. The Balaban J connectivity index is 2.82. The molecule has 0 saturated heterocycles. The van der Waals surface area contributed by atoms with E-state index < -0.39 is 11.8 Å². The minimum absolute atomic E-state index is 0.0977. The van der Waals surface area contributed by atoms with Crippen molar-refractivity contribution in [3.05, 3.63) is 58.2 Å². The third-order valence-corrected chi connectivity index (χ3v) is 2.71. The number of benzene rings is 1. The summed E-state index contributed by atoms with van der Waals surface area (Å²) in [4.78, 5) is 22.7. The van der Waals surface area contributed by atoms with E-state index in [9.17, 15) is 14.0 Å². The van der Waals surface area contributed by atoms with Crippen LogP contribution in [0.4, 0.5) is 4.39 Å². The second-order valence-electron chi connectivity index (χ2n) is 4.42. The van der Waals surface area contributed by atoms with E-state index in [1.54, 1.807) is 6.92 Å². The van der Waals surface area contributed by atoms with E-state index in [2.05, 4.69) is 6.58 Å². The SMILES string of the molecule is C=C(C)Cn1c(=O)ccc2cc(C(=O)O)cc(F)c21. The van der Waals surface area contributed by atoms with Crippen molar-refractivity contribution in [2.24, 2.45) is 0 Å². The van der Waals surface area contributed by atoms with Crippen LogP contribution in [0.1, 0.15) is 17.3 Å². The summed E-state index contributed by atoms with van der Waals surface area (Å²) in [6.07, 6.45) is 0. The smallest absolute Gasteiger partial charge is 0.335 e. The Labute approximate surface area is 108 Å². The molecule has 1 aromatic heterocycles. The van der Waals surface area contributed by atoms with Crippen LogP contribution in [0.3, 0.4) is 0 Å². The zero-order chi connectivity index (χ0) is 14.2. The van der Waals surface area contributed by atoms with Gasteiger partial charge in [-0.1, -0.05) is 12.2 Å². The topological polar surface area (TPSA) is 59.3 Å². The molecule has 19 heavy (non-hydrogen) atoms. The van der Waals surface area contributed by atoms with Gasteiger partial charge in [0.2, 0.25) is 0 Å². The number of aromatic carboxylic acids is 1. The molecular formula is C14H12FNO3. The number of nitrogens with zero attached hydrogens (tertiary/aromatic N) is 1. The number of hydrogen-bond acceptors (Lipinski definition) is 2. The summed E-state index contributed by atoms with van der Waals surface area (Å²) >= 11 is 0. The molecule has 1 heterocycles. The maximum Gasteiger partial charge on any atom is 0.335 e. The van der Waals surface area contributed by atoms with Gasteiger partial charge in [-0.2, -0.15) is 0 Å². The molecule has 0 saturated carbocycles. The monoisotopic (exact) mass is 261 g/mol. The lowest BCUT2D eigenvalue weighted by Crippen LogP contribution is -2.20. The van der Waals surface area contributed by atoms with Gasteiger partial charge in [-0.3, -0.25) is 4.79 Å². The number of carboxylic acids is 1. The van der Waals surface area contributed by atoms with Gasteiger partial charge in [-0.25, -0.2) is 9.18 Å². The van der Waals surface area contributed by atoms with Crippen LogP contribution in [0.15, 0.2) is 41.2 Å². The molecule has 1 aromatic carbocycles. The maximum absolute atomic E-state index is 14.0. The van der Waals surface area contributed by atoms with E-state index in [0.29, 0.717) is 11.0 Å². The van der Waals surface area contributed by atoms with Crippen molar-refractivity contribution >= 4 is 16.9 Å². The highest BCUT2D eigenvalue weighted by Gasteiger charge is 2.13. The van der Waals surface area contributed by atoms with E-state index in [-0.39, 0.29) is 23.2 Å². The fourth-order valence-corrected chi connectivity index (χ4v) is 1.94. The molecule has 0 aliphatic heterocycles. The van der Waals surface area contributed by atoms with Gasteiger partial charge < -0.3 is 9.67 Å². The van der Waals surface area contributed by atoms with Gasteiger partial charge in [-0.15, -0.1) is 0 Å².